The molecule has 1 aromatic heterocycles. The second-order valence-electron chi connectivity index (χ2n) is 2.19. The summed E-state index contributed by atoms with van der Waals surface area (Å²) in [5.74, 6) is 0. The van der Waals surface area contributed by atoms with Crippen LogP contribution in [0.5, 0.6) is 0 Å². The van der Waals surface area contributed by atoms with Crippen LogP contribution in [-0.4, -0.2) is 18.2 Å². The summed E-state index contributed by atoms with van der Waals surface area (Å²) in [5.41, 5.74) is 0.315. The summed E-state index contributed by atoms with van der Waals surface area (Å²) >= 11 is 0. The van der Waals surface area contributed by atoms with Gasteiger partial charge in [-0.05, 0) is 6.92 Å². The number of halogens is 1. The Bertz CT molecular complexity index is 348. The molecule has 0 atom stereocenters. The van der Waals surface area contributed by atoms with E-state index in [1.54, 1.807) is 0 Å². The molecule has 0 aliphatic heterocycles. The van der Waals surface area contributed by atoms with Gasteiger partial charge in [0.2, 0.25) is 0 Å². The van der Waals surface area contributed by atoms with Gasteiger partial charge < -0.3 is 0 Å². The Balaban J connectivity index is 3.45. The minimum Gasteiger partial charge on any atom is -0.255 e. The van der Waals surface area contributed by atoms with Gasteiger partial charge in [0, 0.05) is 12.6 Å². The molecular weight excluding hydrogens is 171 g/mol. The number of rotatable bonds is 1. The minimum atomic E-state index is -4.62. The zero-order valence-corrected chi connectivity index (χ0v) is 6.89. The van der Waals surface area contributed by atoms with Gasteiger partial charge in [0.25, 0.3) is 0 Å². The van der Waals surface area contributed by atoms with Gasteiger partial charge in [0.05, 0.1) is 6.20 Å². The molecule has 0 radical (unpaired) electrons. The van der Waals surface area contributed by atoms with Crippen molar-refractivity contribution >= 4 is 10.2 Å². The van der Waals surface area contributed by atoms with Crippen molar-refractivity contribution in [2.45, 2.75) is 11.9 Å². The molecule has 0 spiro atoms. The van der Waals surface area contributed by atoms with Crippen molar-refractivity contribution in [2.75, 3.05) is 0 Å². The molecule has 0 fully saturated rings. The first-order valence-electron chi connectivity index (χ1n) is 2.86. The Kier molecular flexibility index (Phi) is 1.71. The van der Waals surface area contributed by atoms with Crippen molar-refractivity contribution in [2.24, 2.45) is 7.05 Å². The van der Waals surface area contributed by atoms with E-state index in [0.29, 0.717) is 5.56 Å². The summed E-state index contributed by atoms with van der Waals surface area (Å²) in [4.78, 5) is 0. The van der Waals surface area contributed by atoms with Crippen LogP contribution in [-0.2, 0) is 17.3 Å². The highest BCUT2D eigenvalue weighted by atomic mass is 32.3. The highest BCUT2D eigenvalue weighted by Gasteiger charge is 2.19. The van der Waals surface area contributed by atoms with Gasteiger partial charge in [-0.2, -0.15) is 13.5 Å². The van der Waals surface area contributed by atoms with Crippen LogP contribution in [0.15, 0.2) is 11.2 Å². The molecule has 0 saturated carbocycles. The fourth-order valence-electron chi connectivity index (χ4n) is 0.886. The van der Waals surface area contributed by atoms with Crippen LogP contribution in [0, 0.1) is 6.92 Å². The largest absolute Gasteiger partial charge is 0.349 e. The zero-order valence-electron chi connectivity index (χ0n) is 6.07. The molecule has 0 saturated heterocycles. The normalized spacial score (nSPS) is 11.9. The molecule has 0 bridgehead atoms. The molecule has 0 aliphatic carbocycles. The quantitative estimate of drug-likeness (QED) is 0.584. The van der Waals surface area contributed by atoms with E-state index < -0.39 is 10.2 Å². The number of nitrogens with zero attached hydrogens (tertiary/aromatic N) is 2. The zero-order chi connectivity index (χ0) is 8.65. The Morgan fingerprint density at radius 1 is 1.64 bits per heavy atom. The van der Waals surface area contributed by atoms with Gasteiger partial charge in [-0.25, -0.2) is 0 Å². The Morgan fingerprint density at radius 3 is 2.36 bits per heavy atom. The van der Waals surface area contributed by atoms with E-state index in [4.69, 9.17) is 0 Å². The lowest BCUT2D eigenvalue weighted by molar-refractivity contribution is 0.533. The van der Waals surface area contributed by atoms with E-state index >= 15 is 0 Å². The molecule has 6 heteroatoms. The average molecular weight is 178 g/mol. The van der Waals surface area contributed by atoms with Crippen LogP contribution in [0.2, 0.25) is 0 Å². The highest BCUT2D eigenvalue weighted by Crippen LogP contribution is 2.14. The third-order valence-corrected chi connectivity index (χ3v) is 2.33. The van der Waals surface area contributed by atoms with Gasteiger partial charge in [0.1, 0.15) is 0 Å². The third-order valence-electron chi connectivity index (χ3n) is 1.29. The summed E-state index contributed by atoms with van der Waals surface area (Å²) in [6.45, 7) is 1.49. The maximum atomic E-state index is 12.4. The molecule has 1 heterocycles. The molecule has 1 rings (SSSR count). The summed E-state index contributed by atoms with van der Waals surface area (Å²) in [6, 6.07) is 0. The van der Waals surface area contributed by atoms with E-state index in [0.717, 1.165) is 4.68 Å². The smallest absolute Gasteiger partial charge is 0.255 e. The molecular formula is C5H7FN2O2S. The lowest BCUT2D eigenvalue weighted by atomic mass is 10.4. The average Bonchev–Trinajstić information content (AvgIpc) is 2.08. The first-order valence-corrected chi connectivity index (χ1v) is 4.24. The summed E-state index contributed by atoms with van der Waals surface area (Å²) in [5, 5.41) is 3.20. The van der Waals surface area contributed by atoms with Crippen molar-refractivity contribution < 1.29 is 12.3 Å². The minimum absolute atomic E-state index is 0.315. The first-order chi connectivity index (χ1) is 4.93. The van der Waals surface area contributed by atoms with Crippen LogP contribution in [0.4, 0.5) is 3.89 Å². The highest BCUT2D eigenvalue weighted by molar-refractivity contribution is 7.86. The second kappa shape index (κ2) is 2.30. The summed E-state index contributed by atoms with van der Waals surface area (Å²) < 4.78 is 34.2. The van der Waals surface area contributed by atoms with E-state index in [1.807, 2.05) is 0 Å². The number of hydrogen-bond acceptors (Lipinski definition) is 3. The van der Waals surface area contributed by atoms with Gasteiger partial charge >= 0.3 is 10.2 Å². The molecule has 0 unspecified atom stereocenters. The molecule has 62 valence electrons. The van der Waals surface area contributed by atoms with Gasteiger partial charge in [-0.1, -0.05) is 3.89 Å². The Labute approximate surface area is 63.9 Å². The maximum Gasteiger partial charge on any atom is 0.349 e. The third kappa shape index (κ3) is 1.40. The van der Waals surface area contributed by atoms with E-state index in [9.17, 15) is 12.3 Å². The van der Waals surface area contributed by atoms with Crippen LogP contribution in [0.3, 0.4) is 0 Å². The summed E-state index contributed by atoms with van der Waals surface area (Å²) in [7, 11) is -3.25. The van der Waals surface area contributed by atoms with Crippen molar-refractivity contribution in [3.05, 3.63) is 11.8 Å². The fraction of sp³-hybridized carbons (Fsp3) is 0.400. The van der Waals surface area contributed by atoms with Crippen LogP contribution < -0.4 is 0 Å². The molecule has 0 amide bonds. The second-order valence-corrected chi connectivity index (χ2v) is 3.46. The lowest BCUT2D eigenvalue weighted by Gasteiger charge is -1.95. The molecule has 4 nitrogen and oxygen atoms in total. The van der Waals surface area contributed by atoms with Crippen molar-refractivity contribution in [3.8, 4) is 0 Å². The van der Waals surface area contributed by atoms with Crippen molar-refractivity contribution in [1.29, 1.82) is 0 Å². The van der Waals surface area contributed by atoms with E-state index in [2.05, 4.69) is 5.10 Å². The number of aromatic nitrogens is 2. The molecule has 1 aromatic rings. The fourth-order valence-corrected chi connectivity index (χ4v) is 1.69. The van der Waals surface area contributed by atoms with Crippen LogP contribution >= 0.6 is 0 Å². The van der Waals surface area contributed by atoms with Crippen molar-refractivity contribution in [3.63, 3.8) is 0 Å². The van der Waals surface area contributed by atoms with Gasteiger partial charge in [-0.3, -0.25) is 4.68 Å². The number of hydrogen-bond donors (Lipinski definition) is 0. The summed E-state index contributed by atoms with van der Waals surface area (Å²) in [6.07, 6.45) is 1.30. The Morgan fingerprint density at radius 2 is 2.18 bits per heavy atom. The predicted molar refractivity (Wildman–Crippen MR) is 36.2 cm³/mol. The van der Waals surface area contributed by atoms with E-state index in [-0.39, 0.29) is 5.03 Å². The van der Waals surface area contributed by atoms with Crippen LogP contribution in [0.25, 0.3) is 0 Å². The van der Waals surface area contributed by atoms with Crippen molar-refractivity contribution in [1.82, 2.24) is 9.78 Å². The molecule has 11 heavy (non-hydrogen) atoms. The predicted octanol–water partition coefficient (Wildman–Crippen LogP) is 0.387. The maximum absolute atomic E-state index is 12.4. The van der Waals surface area contributed by atoms with Gasteiger partial charge in [-0.15, -0.1) is 0 Å². The van der Waals surface area contributed by atoms with Gasteiger partial charge in [0.15, 0.2) is 5.03 Å². The van der Waals surface area contributed by atoms with E-state index in [1.165, 1.54) is 20.2 Å². The molecule has 0 N–H and O–H groups in total. The van der Waals surface area contributed by atoms with Crippen LogP contribution in [0.1, 0.15) is 5.56 Å². The standard InChI is InChI=1S/C5H7FN2O2S/c1-4-3-7-8(2)5(4)11(6,9)10/h3H,1-2H3. The topological polar surface area (TPSA) is 52.0 Å². The SMILES string of the molecule is Cc1cnn(C)c1S(=O)(=O)F. The monoisotopic (exact) mass is 178 g/mol. The molecule has 0 aromatic carbocycles. The first kappa shape index (κ1) is 8.19. The number of aryl methyl sites for hydroxylation is 2. The molecule has 0 aliphatic rings. The lowest BCUT2D eigenvalue weighted by Crippen LogP contribution is -2.03. The Hall–Kier alpha value is -0.910.